The van der Waals surface area contributed by atoms with Gasteiger partial charge in [0.25, 0.3) is 0 Å². The molecular formula is C17H15N3O. The van der Waals surface area contributed by atoms with Gasteiger partial charge in [0.15, 0.2) is 6.29 Å². The second-order valence-corrected chi connectivity index (χ2v) is 5.00. The molecule has 1 aromatic carbocycles. The van der Waals surface area contributed by atoms with Crippen LogP contribution in [0.1, 0.15) is 21.5 Å². The molecule has 3 aromatic rings. The Kier molecular flexibility index (Phi) is 3.36. The van der Waals surface area contributed by atoms with Crippen LogP contribution >= 0.6 is 0 Å². The summed E-state index contributed by atoms with van der Waals surface area (Å²) in [6.45, 7) is 4.08. The minimum Gasteiger partial charge on any atom is -0.298 e. The molecule has 0 aliphatic rings. The van der Waals surface area contributed by atoms with Crippen molar-refractivity contribution in [1.82, 2.24) is 14.8 Å². The lowest BCUT2D eigenvalue weighted by molar-refractivity contribution is 0.112. The number of carbonyl (C=O) groups is 1. The second-order valence-electron chi connectivity index (χ2n) is 5.00. The minimum absolute atomic E-state index is 0.536. The van der Waals surface area contributed by atoms with E-state index in [0.29, 0.717) is 17.0 Å². The first-order chi connectivity index (χ1) is 10.2. The molecule has 0 saturated carbocycles. The van der Waals surface area contributed by atoms with Crippen molar-refractivity contribution in [2.24, 2.45) is 0 Å². The van der Waals surface area contributed by atoms with E-state index in [1.54, 1.807) is 17.1 Å². The third-order valence-electron chi connectivity index (χ3n) is 3.38. The van der Waals surface area contributed by atoms with Crippen molar-refractivity contribution in [2.75, 3.05) is 0 Å². The highest BCUT2D eigenvalue weighted by Crippen LogP contribution is 2.22. The van der Waals surface area contributed by atoms with Crippen LogP contribution in [-0.4, -0.2) is 21.1 Å². The van der Waals surface area contributed by atoms with Gasteiger partial charge in [-0.2, -0.15) is 5.10 Å². The molecule has 0 amide bonds. The number of rotatable bonds is 3. The van der Waals surface area contributed by atoms with E-state index < -0.39 is 0 Å². The van der Waals surface area contributed by atoms with E-state index in [4.69, 9.17) is 0 Å². The van der Waals surface area contributed by atoms with Gasteiger partial charge in [0.2, 0.25) is 0 Å². The number of benzene rings is 1. The molecule has 0 atom stereocenters. The fourth-order valence-electron chi connectivity index (χ4n) is 2.36. The number of aldehydes is 1. The van der Waals surface area contributed by atoms with E-state index in [-0.39, 0.29) is 0 Å². The molecule has 0 N–H and O–H groups in total. The Balaban J connectivity index is 2.14. The number of carbonyl (C=O) groups excluding carboxylic acids is 1. The summed E-state index contributed by atoms with van der Waals surface area (Å²) in [6, 6.07) is 11.7. The highest BCUT2D eigenvalue weighted by molar-refractivity contribution is 5.84. The van der Waals surface area contributed by atoms with Gasteiger partial charge >= 0.3 is 0 Å². The minimum atomic E-state index is 0.536. The lowest BCUT2D eigenvalue weighted by Crippen LogP contribution is -1.98. The first kappa shape index (κ1) is 13.2. The Hall–Kier alpha value is -2.75. The van der Waals surface area contributed by atoms with E-state index in [9.17, 15) is 4.79 Å². The molecule has 0 saturated heterocycles. The zero-order valence-corrected chi connectivity index (χ0v) is 11.9. The van der Waals surface area contributed by atoms with E-state index in [1.807, 2.05) is 37.3 Å². The molecule has 0 aliphatic carbocycles. The zero-order valence-electron chi connectivity index (χ0n) is 11.9. The Labute approximate surface area is 123 Å². The predicted molar refractivity (Wildman–Crippen MR) is 81.7 cm³/mol. The van der Waals surface area contributed by atoms with Gasteiger partial charge in [0.1, 0.15) is 5.69 Å². The predicted octanol–water partition coefficient (Wildman–Crippen LogP) is 3.36. The van der Waals surface area contributed by atoms with Crippen molar-refractivity contribution < 1.29 is 4.79 Å². The van der Waals surface area contributed by atoms with Crippen molar-refractivity contribution in [3.63, 3.8) is 0 Å². The topological polar surface area (TPSA) is 47.8 Å². The summed E-state index contributed by atoms with van der Waals surface area (Å²) in [5, 5.41) is 4.53. The maximum Gasteiger partial charge on any atom is 0.153 e. The highest BCUT2D eigenvalue weighted by atomic mass is 16.1. The molecule has 104 valence electrons. The quantitative estimate of drug-likeness (QED) is 0.690. The molecule has 4 nitrogen and oxygen atoms in total. The van der Waals surface area contributed by atoms with Crippen LogP contribution in [0.5, 0.6) is 0 Å². The number of hydrogen-bond acceptors (Lipinski definition) is 3. The van der Waals surface area contributed by atoms with Crippen molar-refractivity contribution in [2.45, 2.75) is 13.8 Å². The summed E-state index contributed by atoms with van der Waals surface area (Å²) in [5.41, 5.74) is 5.11. The molecule has 21 heavy (non-hydrogen) atoms. The van der Waals surface area contributed by atoms with Crippen molar-refractivity contribution in [3.8, 4) is 17.1 Å². The van der Waals surface area contributed by atoms with Crippen LogP contribution in [0.2, 0.25) is 0 Å². The fraction of sp³-hybridized carbons (Fsp3) is 0.118. The Morgan fingerprint density at radius 1 is 1.14 bits per heavy atom. The molecule has 0 aliphatic heterocycles. The summed E-state index contributed by atoms with van der Waals surface area (Å²) < 4.78 is 1.74. The molecule has 3 rings (SSSR count). The SMILES string of the molecule is Cc1ccc(-n2cc(C=O)c(-c3ccccn3)n2)c(C)c1. The molecule has 2 aromatic heterocycles. The Morgan fingerprint density at radius 2 is 2.00 bits per heavy atom. The number of pyridine rings is 1. The first-order valence-electron chi connectivity index (χ1n) is 6.73. The number of aryl methyl sites for hydroxylation is 2. The van der Waals surface area contributed by atoms with E-state index in [2.05, 4.69) is 23.1 Å². The Bertz CT molecular complexity index is 791. The number of hydrogen-bond donors (Lipinski definition) is 0. The van der Waals surface area contributed by atoms with Crippen molar-refractivity contribution in [3.05, 3.63) is 65.5 Å². The van der Waals surface area contributed by atoms with Crippen LogP contribution in [0.4, 0.5) is 0 Å². The summed E-state index contributed by atoms with van der Waals surface area (Å²) >= 11 is 0. The zero-order chi connectivity index (χ0) is 14.8. The second kappa shape index (κ2) is 5.32. The van der Waals surface area contributed by atoms with Crippen LogP contribution in [0.25, 0.3) is 17.1 Å². The maximum atomic E-state index is 11.3. The van der Waals surface area contributed by atoms with E-state index in [1.165, 1.54) is 5.56 Å². The van der Waals surface area contributed by atoms with E-state index in [0.717, 1.165) is 17.5 Å². The Morgan fingerprint density at radius 3 is 2.67 bits per heavy atom. The van der Waals surface area contributed by atoms with Crippen LogP contribution in [0.3, 0.4) is 0 Å². The molecule has 4 heteroatoms. The molecular weight excluding hydrogens is 262 g/mol. The molecule has 0 radical (unpaired) electrons. The van der Waals surface area contributed by atoms with Crippen LogP contribution in [-0.2, 0) is 0 Å². The van der Waals surface area contributed by atoms with Crippen LogP contribution in [0.15, 0.2) is 48.8 Å². The highest BCUT2D eigenvalue weighted by Gasteiger charge is 2.13. The summed E-state index contributed by atoms with van der Waals surface area (Å²) in [5.74, 6) is 0. The third-order valence-corrected chi connectivity index (χ3v) is 3.38. The van der Waals surface area contributed by atoms with Gasteiger partial charge in [-0.05, 0) is 37.6 Å². The van der Waals surface area contributed by atoms with Gasteiger partial charge < -0.3 is 0 Å². The largest absolute Gasteiger partial charge is 0.298 e. The van der Waals surface area contributed by atoms with Crippen LogP contribution < -0.4 is 0 Å². The molecule has 0 bridgehead atoms. The summed E-state index contributed by atoms with van der Waals surface area (Å²) in [7, 11) is 0. The molecule has 0 fully saturated rings. The smallest absolute Gasteiger partial charge is 0.153 e. The van der Waals surface area contributed by atoms with Crippen molar-refractivity contribution >= 4 is 6.29 Å². The van der Waals surface area contributed by atoms with Gasteiger partial charge in [-0.3, -0.25) is 9.78 Å². The number of nitrogens with zero attached hydrogens (tertiary/aromatic N) is 3. The monoisotopic (exact) mass is 277 g/mol. The summed E-state index contributed by atoms with van der Waals surface area (Å²) in [6.07, 6.45) is 4.26. The normalized spacial score (nSPS) is 10.6. The molecule has 0 unspecified atom stereocenters. The third kappa shape index (κ3) is 2.48. The average Bonchev–Trinajstić information content (AvgIpc) is 2.92. The molecule has 0 spiro atoms. The first-order valence-corrected chi connectivity index (χ1v) is 6.73. The number of aromatic nitrogens is 3. The van der Waals surface area contributed by atoms with Crippen molar-refractivity contribution in [1.29, 1.82) is 0 Å². The van der Waals surface area contributed by atoms with Gasteiger partial charge in [-0.25, -0.2) is 4.68 Å². The lowest BCUT2D eigenvalue weighted by Gasteiger charge is -2.06. The van der Waals surface area contributed by atoms with Gasteiger partial charge in [-0.15, -0.1) is 0 Å². The lowest BCUT2D eigenvalue weighted by atomic mass is 10.1. The van der Waals surface area contributed by atoms with Gasteiger partial charge in [0.05, 0.1) is 16.9 Å². The average molecular weight is 277 g/mol. The summed E-state index contributed by atoms with van der Waals surface area (Å²) in [4.78, 5) is 15.6. The van der Waals surface area contributed by atoms with Gasteiger partial charge in [0, 0.05) is 12.4 Å². The van der Waals surface area contributed by atoms with Gasteiger partial charge in [-0.1, -0.05) is 23.8 Å². The standard InChI is InChI=1S/C17H15N3O/c1-12-6-7-16(13(2)9-12)20-10-14(11-21)17(19-20)15-5-3-4-8-18-15/h3-11H,1-2H3. The molecule has 2 heterocycles. The van der Waals surface area contributed by atoms with E-state index >= 15 is 0 Å². The fourth-order valence-corrected chi connectivity index (χ4v) is 2.36. The van der Waals surface area contributed by atoms with Crippen LogP contribution in [0, 0.1) is 13.8 Å². The maximum absolute atomic E-state index is 11.3.